The lowest BCUT2D eigenvalue weighted by Gasteiger charge is -2.34. The molecular weight excluding hydrogens is 222 g/mol. The summed E-state index contributed by atoms with van der Waals surface area (Å²) in [6, 6.07) is -0.110. The van der Waals surface area contributed by atoms with Crippen LogP contribution in [0.4, 0.5) is 0 Å². The Kier molecular flexibility index (Phi) is 7.11. The number of aliphatic hydroxyl groups is 1. The number of amides is 1. The Labute approximate surface area is 102 Å². The van der Waals surface area contributed by atoms with E-state index in [1.807, 2.05) is 6.92 Å². The first-order chi connectivity index (χ1) is 8.29. The minimum absolute atomic E-state index is 0.0430. The van der Waals surface area contributed by atoms with Gasteiger partial charge in [0.05, 0.1) is 19.8 Å². The predicted molar refractivity (Wildman–Crippen MR) is 64.8 cm³/mol. The van der Waals surface area contributed by atoms with Gasteiger partial charge in [-0.25, -0.2) is 0 Å². The largest absolute Gasteiger partial charge is 0.394 e. The molecule has 0 aromatic heterocycles. The van der Waals surface area contributed by atoms with Gasteiger partial charge in [-0.1, -0.05) is 0 Å². The second kappa shape index (κ2) is 8.41. The third-order valence-electron chi connectivity index (χ3n) is 2.77. The monoisotopic (exact) mass is 245 g/mol. The maximum Gasteiger partial charge on any atom is 0.238 e. The average Bonchev–Trinajstić information content (AvgIpc) is 2.35. The number of piperazine rings is 1. The summed E-state index contributed by atoms with van der Waals surface area (Å²) in [4.78, 5) is 13.9. The van der Waals surface area contributed by atoms with E-state index in [-0.39, 0.29) is 18.6 Å². The van der Waals surface area contributed by atoms with Gasteiger partial charge in [-0.05, 0) is 6.92 Å². The van der Waals surface area contributed by atoms with Crippen LogP contribution in [0.15, 0.2) is 0 Å². The van der Waals surface area contributed by atoms with Crippen molar-refractivity contribution in [3.05, 3.63) is 0 Å². The third kappa shape index (κ3) is 4.99. The van der Waals surface area contributed by atoms with Crippen LogP contribution in [0.5, 0.6) is 0 Å². The van der Waals surface area contributed by atoms with Gasteiger partial charge in [0, 0.05) is 32.7 Å². The van der Waals surface area contributed by atoms with Crippen LogP contribution in [0.3, 0.4) is 0 Å². The Hall–Kier alpha value is -0.690. The van der Waals surface area contributed by atoms with Gasteiger partial charge in [0.15, 0.2) is 0 Å². The fourth-order valence-corrected chi connectivity index (χ4v) is 1.91. The van der Waals surface area contributed by atoms with Crippen LogP contribution in [-0.2, 0) is 9.53 Å². The molecule has 0 saturated carbocycles. The van der Waals surface area contributed by atoms with Gasteiger partial charge in [0.2, 0.25) is 5.91 Å². The zero-order chi connectivity index (χ0) is 12.5. The summed E-state index contributed by atoms with van der Waals surface area (Å²) in [5, 5.41) is 14.7. The zero-order valence-corrected chi connectivity index (χ0v) is 10.4. The molecule has 1 aliphatic rings. The van der Waals surface area contributed by atoms with Gasteiger partial charge in [-0.2, -0.15) is 0 Å². The topological polar surface area (TPSA) is 73.8 Å². The number of aliphatic hydroxyl groups excluding tert-OH is 1. The van der Waals surface area contributed by atoms with Crippen molar-refractivity contribution in [2.75, 3.05) is 52.5 Å². The number of carbonyl (C=O) groups is 1. The van der Waals surface area contributed by atoms with Crippen molar-refractivity contribution in [2.45, 2.75) is 13.0 Å². The van der Waals surface area contributed by atoms with Gasteiger partial charge in [-0.3, -0.25) is 9.69 Å². The quantitative estimate of drug-likeness (QED) is 0.471. The maximum absolute atomic E-state index is 11.8. The highest BCUT2D eigenvalue weighted by molar-refractivity contribution is 5.82. The SMILES string of the molecule is CCNC(=O)C1CNCCN1CCOCCO. The molecular formula is C11H23N3O3. The first kappa shape index (κ1) is 14.4. The fourth-order valence-electron chi connectivity index (χ4n) is 1.91. The smallest absolute Gasteiger partial charge is 0.238 e. The van der Waals surface area contributed by atoms with Crippen molar-refractivity contribution >= 4 is 5.91 Å². The van der Waals surface area contributed by atoms with Gasteiger partial charge >= 0.3 is 0 Å². The normalized spacial score (nSPS) is 21.4. The Bertz CT molecular complexity index is 226. The van der Waals surface area contributed by atoms with Crippen molar-refractivity contribution < 1.29 is 14.6 Å². The number of hydrogen-bond donors (Lipinski definition) is 3. The molecule has 6 heteroatoms. The summed E-state index contributed by atoms with van der Waals surface area (Å²) in [5.74, 6) is 0.0712. The highest BCUT2D eigenvalue weighted by atomic mass is 16.5. The molecule has 1 aliphatic heterocycles. The van der Waals surface area contributed by atoms with Crippen LogP contribution in [0.25, 0.3) is 0 Å². The standard InChI is InChI=1S/C11H23N3O3/c1-2-13-11(16)10-9-12-3-4-14(10)5-7-17-8-6-15/h10,12,15H,2-9H2,1H3,(H,13,16). The van der Waals surface area contributed by atoms with E-state index >= 15 is 0 Å². The maximum atomic E-state index is 11.8. The molecule has 0 bridgehead atoms. The molecule has 1 atom stereocenters. The first-order valence-corrected chi connectivity index (χ1v) is 6.20. The number of hydrogen-bond acceptors (Lipinski definition) is 5. The summed E-state index contributed by atoms with van der Waals surface area (Å²) in [7, 11) is 0. The molecule has 0 aliphatic carbocycles. The molecule has 1 heterocycles. The Morgan fingerprint density at radius 3 is 3.12 bits per heavy atom. The molecule has 6 nitrogen and oxygen atoms in total. The van der Waals surface area contributed by atoms with E-state index in [0.29, 0.717) is 26.3 Å². The summed E-state index contributed by atoms with van der Waals surface area (Å²) in [6.07, 6.45) is 0. The van der Waals surface area contributed by atoms with Crippen molar-refractivity contribution in [3.8, 4) is 0 Å². The summed E-state index contributed by atoms with van der Waals surface area (Å²) in [6.45, 7) is 6.69. The first-order valence-electron chi connectivity index (χ1n) is 6.20. The molecule has 0 aromatic carbocycles. The molecule has 17 heavy (non-hydrogen) atoms. The molecule has 1 saturated heterocycles. The molecule has 0 spiro atoms. The number of ether oxygens (including phenoxy) is 1. The van der Waals surface area contributed by atoms with E-state index in [4.69, 9.17) is 9.84 Å². The lowest BCUT2D eigenvalue weighted by Crippen LogP contribution is -2.58. The number of nitrogens with zero attached hydrogens (tertiary/aromatic N) is 1. The second-order valence-electron chi connectivity index (χ2n) is 3.99. The third-order valence-corrected chi connectivity index (χ3v) is 2.77. The predicted octanol–water partition coefficient (Wildman–Crippen LogP) is -1.59. The van der Waals surface area contributed by atoms with Gasteiger partial charge in [0.25, 0.3) is 0 Å². The lowest BCUT2D eigenvalue weighted by atomic mass is 10.2. The van der Waals surface area contributed by atoms with Gasteiger partial charge < -0.3 is 20.5 Å². The van der Waals surface area contributed by atoms with Crippen molar-refractivity contribution in [1.82, 2.24) is 15.5 Å². The Balaban J connectivity index is 2.34. The minimum Gasteiger partial charge on any atom is -0.394 e. The van der Waals surface area contributed by atoms with Gasteiger partial charge in [-0.15, -0.1) is 0 Å². The Morgan fingerprint density at radius 1 is 1.59 bits per heavy atom. The number of nitrogens with one attached hydrogen (secondary N) is 2. The van der Waals surface area contributed by atoms with Crippen molar-refractivity contribution in [3.63, 3.8) is 0 Å². The minimum atomic E-state index is -0.110. The fraction of sp³-hybridized carbons (Fsp3) is 0.909. The van der Waals surface area contributed by atoms with Crippen LogP contribution >= 0.6 is 0 Å². The summed E-state index contributed by atoms with van der Waals surface area (Å²) < 4.78 is 5.23. The molecule has 0 radical (unpaired) electrons. The zero-order valence-electron chi connectivity index (χ0n) is 10.4. The number of rotatable bonds is 7. The average molecular weight is 245 g/mol. The highest BCUT2D eigenvalue weighted by Gasteiger charge is 2.27. The van der Waals surface area contributed by atoms with E-state index in [1.165, 1.54) is 0 Å². The molecule has 100 valence electrons. The van der Waals surface area contributed by atoms with Crippen molar-refractivity contribution in [1.29, 1.82) is 0 Å². The number of likely N-dealkylation sites (N-methyl/N-ethyl adjacent to an activating group) is 1. The molecule has 1 amide bonds. The van der Waals surface area contributed by atoms with E-state index in [9.17, 15) is 4.79 Å². The van der Waals surface area contributed by atoms with Crippen LogP contribution in [0, 0.1) is 0 Å². The van der Waals surface area contributed by atoms with Crippen molar-refractivity contribution in [2.24, 2.45) is 0 Å². The number of carbonyl (C=O) groups excluding carboxylic acids is 1. The van der Waals surface area contributed by atoms with E-state index in [0.717, 1.165) is 19.6 Å². The second-order valence-corrected chi connectivity index (χ2v) is 3.99. The van der Waals surface area contributed by atoms with E-state index in [2.05, 4.69) is 15.5 Å². The molecule has 1 rings (SSSR count). The van der Waals surface area contributed by atoms with E-state index in [1.54, 1.807) is 0 Å². The molecule has 0 aromatic rings. The molecule has 1 fully saturated rings. The van der Waals surface area contributed by atoms with Crippen LogP contribution in [0.2, 0.25) is 0 Å². The summed E-state index contributed by atoms with van der Waals surface area (Å²) >= 11 is 0. The Morgan fingerprint density at radius 2 is 2.41 bits per heavy atom. The van der Waals surface area contributed by atoms with E-state index < -0.39 is 0 Å². The highest BCUT2D eigenvalue weighted by Crippen LogP contribution is 2.03. The van der Waals surface area contributed by atoms with Gasteiger partial charge in [0.1, 0.15) is 6.04 Å². The van der Waals surface area contributed by atoms with Crippen LogP contribution in [0.1, 0.15) is 6.92 Å². The van der Waals surface area contributed by atoms with Crippen LogP contribution < -0.4 is 10.6 Å². The van der Waals surface area contributed by atoms with Crippen LogP contribution in [-0.4, -0.2) is 74.5 Å². The lowest BCUT2D eigenvalue weighted by molar-refractivity contribution is -0.127. The summed E-state index contributed by atoms with van der Waals surface area (Å²) in [5.41, 5.74) is 0. The molecule has 3 N–H and O–H groups in total. The molecule has 1 unspecified atom stereocenters.